The van der Waals surface area contributed by atoms with Crippen LogP contribution in [0.3, 0.4) is 0 Å². The number of halogens is 1. The van der Waals surface area contributed by atoms with Crippen LogP contribution < -0.4 is 26.9 Å². The molecule has 0 spiro atoms. The van der Waals surface area contributed by atoms with Crippen LogP contribution in [-0.4, -0.2) is 33.7 Å². The number of aliphatic hydroxyl groups excluding tert-OH is 2. The van der Waals surface area contributed by atoms with E-state index in [9.17, 15) is 25.1 Å². The summed E-state index contributed by atoms with van der Waals surface area (Å²) in [4.78, 5) is 22.1. The van der Waals surface area contributed by atoms with Gasteiger partial charge in [0.2, 0.25) is 6.54 Å². The lowest BCUT2D eigenvalue weighted by Gasteiger charge is -2.22. The second-order valence-electron chi connectivity index (χ2n) is 5.20. The number of carbonyl (C=O) groups excluding carboxylic acids is 1. The number of nitro benzene ring substituents is 1. The summed E-state index contributed by atoms with van der Waals surface area (Å²) in [5.41, 5.74) is 0.267. The molecule has 9 heteroatoms. The fraction of sp³-hybridized carbons (Fsp3) is 0.250. The van der Waals surface area contributed by atoms with Crippen LogP contribution in [0.2, 0.25) is 0 Å². The van der Waals surface area contributed by atoms with Crippen LogP contribution in [0.1, 0.15) is 11.7 Å². The summed E-state index contributed by atoms with van der Waals surface area (Å²) in [6.07, 6.45) is 2.26. The third-order valence-electron chi connectivity index (χ3n) is 3.47. The number of hydrogen-bond acceptors (Lipinski definition) is 5. The van der Waals surface area contributed by atoms with Gasteiger partial charge in [-0.15, -0.1) is 0 Å². The molecule has 0 aliphatic heterocycles. The zero-order chi connectivity index (χ0) is 17.5. The van der Waals surface area contributed by atoms with Gasteiger partial charge in [-0.05, 0) is 17.7 Å². The standard InChI is InChI=1S/C16H17N3O5.BrH/c20-11-14(17-15(21)10-18-8-2-1-3-9-18)16(22)12-4-6-13(7-5-12)19(23)24;/h1-9,14,16,20,22H,10-11H2;1H/t14-,16+;/m1./s1. The number of non-ortho nitro benzene ring substituents is 1. The van der Waals surface area contributed by atoms with Gasteiger partial charge in [-0.2, -0.15) is 4.57 Å². The topological polar surface area (TPSA) is 117 Å². The van der Waals surface area contributed by atoms with Crippen LogP contribution in [0.25, 0.3) is 0 Å². The minimum absolute atomic E-state index is 0. The number of benzene rings is 1. The fourth-order valence-electron chi connectivity index (χ4n) is 2.21. The minimum Gasteiger partial charge on any atom is -1.00 e. The number of nitro groups is 1. The van der Waals surface area contributed by atoms with Crippen LogP contribution >= 0.6 is 0 Å². The highest BCUT2D eigenvalue weighted by atomic mass is 79.9. The number of nitrogens with zero attached hydrogens (tertiary/aromatic N) is 2. The Bertz CT molecular complexity index is 697. The van der Waals surface area contributed by atoms with Crippen molar-refractivity contribution in [3.05, 3.63) is 70.5 Å². The number of hydrogen-bond donors (Lipinski definition) is 3. The van der Waals surface area contributed by atoms with Gasteiger partial charge in [0.1, 0.15) is 6.10 Å². The normalized spacial score (nSPS) is 12.6. The van der Waals surface area contributed by atoms with Crippen molar-refractivity contribution in [3.63, 3.8) is 0 Å². The molecule has 0 aliphatic carbocycles. The third kappa shape index (κ3) is 5.89. The van der Waals surface area contributed by atoms with Crippen molar-refractivity contribution < 1.29 is 41.5 Å². The SMILES string of the molecule is O=C(C[n+]1ccccc1)N[C@H](CO)[C@@H](O)c1ccc([N+](=O)[O-])cc1.[Br-]. The molecule has 1 heterocycles. The summed E-state index contributed by atoms with van der Waals surface area (Å²) >= 11 is 0. The summed E-state index contributed by atoms with van der Waals surface area (Å²) in [5, 5.41) is 32.9. The quantitative estimate of drug-likeness (QED) is 0.256. The summed E-state index contributed by atoms with van der Waals surface area (Å²) in [6, 6.07) is 9.77. The lowest BCUT2D eigenvalue weighted by atomic mass is 10.0. The smallest absolute Gasteiger partial charge is 0.286 e. The van der Waals surface area contributed by atoms with Crippen LogP contribution in [-0.2, 0) is 11.3 Å². The Morgan fingerprint density at radius 1 is 1.20 bits per heavy atom. The summed E-state index contributed by atoms with van der Waals surface area (Å²) in [7, 11) is 0. The van der Waals surface area contributed by atoms with E-state index in [1.807, 2.05) is 6.07 Å². The fourth-order valence-corrected chi connectivity index (χ4v) is 2.21. The number of rotatable bonds is 7. The second-order valence-corrected chi connectivity index (χ2v) is 5.20. The van der Waals surface area contributed by atoms with Crippen molar-refractivity contribution in [2.75, 3.05) is 6.61 Å². The Hall–Kier alpha value is -2.36. The molecule has 0 radical (unpaired) electrons. The van der Waals surface area contributed by atoms with Gasteiger partial charge in [0, 0.05) is 24.3 Å². The van der Waals surface area contributed by atoms with Gasteiger partial charge >= 0.3 is 0 Å². The maximum Gasteiger partial charge on any atom is 0.286 e. The van der Waals surface area contributed by atoms with Crippen LogP contribution in [0.5, 0.6) is 0 Å². The molecule has 2 rings (SSSR count). The number of carbonyl (C=O) groups is 1. The molecule has 1 aromatic carbocycles. The molecule has 134 valence electrons. The molecule has 3 N–H and O–H groups in total. The molecule has 0 aliphatic rings. The zero-order valence-corrected chi connectivity index (χ0v) is 14.7. The Labute approximate surface area is 154 Å². The van der Waals surface area contributed by atoms with Crippen molar-refractivity contribution in [3.8, 4) is 0 Å². The van der Waals surface area contributed by atoms with Gasteiger partial charge in [-0.25, -0.2) is 0 Å². The Kier molecular flexibility index (Phi) is 8.12. The summed E-state index contributed by atoms with van der Waals surface area (Å²) in [6.45, 7) is -0.423. The van der Waals surface area contributed by atoms with E-state index in [0.29, 0.717) is 5.56 Å². The number of aliphatic hydroxyl groups is 2. The highest BCUT2D eigenvalue weighted by molar-refractivity contribution is 5.74. The first kappa shape index (κ1) is 20.7. The molecule has 0 bridgehead atoms. The summed E-state index contributed by atoms with van der Waals surface area (Å²) in [5.74, 6) is -0.369. The molecule has 0 fully saturated rings. The second kappa shape index (κ2) is 9.82. The third-order valence-corrected chi connectivity index (χ3v) is 3.47. The molecule has 0 saturated carbocycles. The molecule has 2 aromatic rings. The minimum atomic E-state index is -1.18. The molecular weight excluding hydrogens is 394 g/mol. The van der Waals surface area contributed by atoms with E-state index in [0.717, 1.165) is 0 Å². The predicted octanol–water partition coefficient (Wildman–Crippen LogP) is -2.90. The van der Waals surface area contributed by atoms with Gasteiger partial charge in [-0.3, -0.25) is 14.9 Å². The first-order valence-corrected chi connectivity index (χ1v) is 7.28. The lowest BCUT2D eigenvalue weighted by Crippen LogP contribution is -3.00. The molecule has 1 aromatic heterocycles. The number of pyridine rings is 1. The van der Waals surface area contributed by atoms with E-state index < -0.39 is 23.7 Å². The van der Waals surface area contributed by atoms with Gasteiger partial charge < -0.3 is 32.5 Å². The van der Waals surface area contributed by atoms with Gasteiger partial charge in [-0.1, -0.05) is 6.07 Å². The van der Waals surface area contributed by atoms with E-state index in [1.165, 1.54) is 24.3 Å². The highest BCUT2D eigenvalue weighted by Crippen LogP contribution is 2.20. The van der Waals surface area contributed by atoms with Crippen molar-refractivity contribution in [2.24, 2.45) is 0 Å². The van der Waals surface area contributed by atoms with Gasteiger partial charge in [0.25, 0.3) is 11.6 Å². The van der Waals surface area contributed by atoms with Gasteiger partial charge in [0.05, 0.1) is 17.6 Å². The van der Waals surface area contributed by atoms with E-state index in [1.54, 1.807) is 29.1 Å². The Morgan fingerprint density at radius 2 is 1.80 bits per heavy atom. The molecule has 1 amide bonds. The lowest BCUT2D eigenvalue weighted by molar-refractivity contribution is -0.684. The van der Waals surface area contributed by atoms with Crippen LogP contribution in [0.4, 0.5) is 5.69 Å². The van der Waals surface area contributed by atoms with Crippen molar-refractivity contribution in [2.45, 2.75) is 18.7 Å². The van der Waals surface area contributed by atoms with Gasteiger partial charge in [0.15, 0.2) is 12.4 Å². The van der Waals surface area contributed by atoms with Crippen LogP contribution in [0, 0.1) is 10.1 Å². The Morgan fingerprint density at radius 3 is 2.32 bits per heavy atom. The van der Waals surface area contributed by atoms with E-state index in [2.05, 4.69) is 5.32 Å². The highest BCUT2D eigenvalue weighted by Gasteiger charge is 2.24. The van der Waals surface area contributed by atoms with Crippen LogP contribution in [0.15, 0.2) is 54.9 Å². The zero-order valence-electron chi connectivity index (χ0n) is 13.2. The maximum absolute atomic E-state index is 12.0. The largest absolute Gasteiger partial charge is 1.00 e. The number of nitrogens with one attached hydrogen (secondary N) is 1. The monoisotopic (exact) mass is 411 g/mol. The van der Waals surface area contributed by atoms with E-state index >= 15 is 0 Å². The number of aromatic nitrogens is 1. The average molecular weight is 412 g/mol. The predicted molar refractivity (Wildman–Crippen MR) is 83.7 cm³/mol. The summed E-state index contributed by atoms with van der Waals surface area (Å²) < 4.78 is 1.65. The first-order chi connectivity index (χ1) is 11.5. The van der Waals surface area contributed by atoms with E-state index in [-0.39, 0.29) is 35.1 Å². The Balaban J connectivity index is 0.00000312. The van der Waals surface area contributed by atoms with Crippen molar-refractivity contribution in [1.29, 1.82) is 0 Å². The molecule has 0 saturated heterocycles. The average Bonchev–Trinajstić information content (AvgIpc) is 2.60. The van der Waals surface area contributed by atoms with Crippen molar-refractivity contribution >= 4 is 11.6 Å². The molecule has 25 heavy (non-hydrogen) atoms. The molecule has 2 atom stereocenters. The van der Waals surface area contributed by atoms with Crippen molar-refractivity contribution in [1.82, 2.24) is 5.32 Å². The van der Waals surface area contributed by atoms with E-state index in [4.69, 9.17) is 0 Å². The molecular formula is C16H18BrN3O5. The maximum atomic E-state index is 12.0. The molecule has 8 nitrogen and oxygen atoms in total. The molecule has 0 unspecified atom stereocenters. The number of amides is 1. The first-order valence-electron chi connectivity index (χ1n) is 7.28.